The van der Waals surface area contributed by atoms with E-state index in [2.05, 4.69) is 4.98 Å². The first-order valence-electron chi connectivity index (χ1n) is 6.63. The van der Waals surface area contributed by atoms with Crippen molar-refractivity contribution in [1.29, 1.82) is 0 Å². The Kier molecular flexibility index (Phi) is 3.29. The second kappa shape index (κ2) is 5.00. The Bertz CT molecular complexity index is 913. The van der Waals surface area contributed by atoms with Crippen LogP contribution in [-0.4, -0.2) is 13.4 Å². The van der Waals surface area contributed by atoms with E-state index in [1.54, 1.807) is 0 Å². The third kappa shape index (κ3) is 2.23. The largest absolute Gasteiger partial charge is 0.360 e. The van der Waals surface area contributed by atoms with Crippen LogP contribution in [0.15, 0.2) is 58.5 Å². The summed E-state index contributed by atoms with van der Waals surface area (Å²) in [5.74, 6) is -0.563. The maximum Gasteiger partial charge on any atom is 0.208 e. The number of aromatic nitrogens is 1. The molecule has 1 heterocycles. The molecule has 0 unspecified atom stereocenters. The zero-order valence-corrected chi connectivity index (χ0v) is 12.2. The highest BCUT2D eigenvalue weighted by atomic mass is 32.2. The average Bonchev–Trinajstić information content (AvgIpc) is 2.91. The van der Waals surface area contributed by atoms with E-state index in [4.69, 9.17) is 0 Å². The van der Waals surface area contributed by atoms with Gasteiger partial charge in [0.05, 0.1) is 9.79 Å². The van der Waals surface area contributed by atoms with Crippen molar-refractivity contribution in [3.05, 3.63) is 60.0 Å². The van der Waals surface area contributed by atoms with Crippen LogP contribution < -0.4 is 0 Å². The van der Waals surface area contributed by atoms with Crippen molar-refractivity contribution in [2.75, 3.05) is 0 Å². The highest BCUT2D eigenvalue weighted by Gasteiger charge is 2.23. The van der Waals surface area contributed by atoms with Crippen LogP contribution in [0.2, 0.25) is 0 Å². The van der Waals surface area contributed by atoms with Gasteiger partial charge in [-0.3, -0.25) is 0 Å². The first-order valence-corrected chi connectivity index (χ1v) is 8.12. The normalized spacial score (nSPS) is 11.9. The minimum atomic E-state index is -3.75. The fourth-order valence-corrected chi connectivity index (χ4v) is 4.00. The summed E-state index contributed by atoms with van der Waals surface area (Å²) in [6, 6.07) is 10.7. The predicted octanol–water partition coefficient (Wildman–Crippen LogP) is 3.70. The minimum Gasteiger partial charge on any atom is -0.360 e. The van der Waals surface area contributed by atoms with E-state index in [-0.39, 0.29) is 9.79 Å². The van der Waals surface area contributed by atoms with E-state index in [1.807, 2.05) is 25.1 Å². The second-order valence-corrected chi connectivity index (χ2v) is 6.73. The Morgan fingerprint density at radius 3 is 2.62 bits per heavy atom. The summed E-state index contributed by atoms with van der Waals surface area (Å²) in [5, 5.41) is 0.685. The van der Waals surface area contributed by atoms with Gasteiger partial charge in [0.2, 0.25) is 9.84 Å². The van der Waals surface area contributed by atoms with Crippen LogP contribution in [0.25, 0.3) is 10.9 Å². The van der Waals surface area contributed by atoms with Gasteiger partial charge < -0.3 is 4.98 Å². The van der Waals surface area contributed by atoms with Crippen LogP contribution >= 0.6 is 0 Å². The fraction of sp³-hybridized carbons (Fsp3) is 0.125. The van der Waals surface area contributed by atoms with Gasteiger partial charge in [-0.2, -0.15) is 0 Å². The number of fused-ring (bicyclic) bond motifs is 1. The van der Waals surface area contributed by atoms with Gasteiger partial charge in [0.15, 0.2) is 0 Å². The number of hydrogen-bond acceptors (Lipinski definition) is 2. The van der Waals surface area contributed by atoms with Crippen molar-refractivity contribution >= 4 is 20.7 Å². The summed E-state index contributed by atoms with van der Waals surface area (Å²) in [5.41, 5.74) is 1.72. The lowest BCUT2D eigenvalue weighted by molar-refractivity contribution is 0.591. The maximum absolute atomic E-state index is 13.3. The molecule has 2 aromatic carbocycles. The van der Waals surface area contributed by atoms with E-state index >= 15 is 0 Å². The molecule has 0 bridgehead atoms. The summed E-state index contributed by atoms with van der Waals surface area (Å²) >= 11 is 0. The number of aromatic amines is 1. The first kappa shape index (κ1) is 13.8. The van der Waals surface area contributed by atoms with Crippen molar-refractivity contribution in [3.8, 4) is 0 Å². The number of halogens is 1. The van der Waals surface area contributed by atoms with Gasteiger partial charge in [-0.05, 0) is 36.2 Å². The number of hydrogen-bond donors (Lipinski definition) is 1. The standard InChI is InChI=1S/C16H14FNO2S/c1-2-11-5-3-8-14-16(11)15(10-18-14)21(19,20)13-7-4-6-12(17)9-13/h3-10,18H,2H2,1H3. The van der Waals surface area contributed by atoms with Gasteiger partial charge in [0.1, 0.15) is 5.82 Å². The second-order valence-electron chi connectivity index (χ2n) is 4.81. The molecular formula is C16H14FNO2S. The molecule has 0 amide bonds. The molecule has 3 aromatic rings. The summed E-state index contributed by atoms with van der Waals surface area (Å²) < 4.78 is 38.8. The van der Waals surface area contributed by atoms with Gasteiger partial charge in [-0.25, -0.2) is 12.8 Å². The van der Waals surface area contributed by atoms with Crippen LogP contribution in [0, 0.1) is 5.82 Å². The molecule has 0 fully saturated rings. The molecule has 0 aliphatic heterocycles. The Morgan fingerprint density at radius 1 is 1.14 bits per heavy atom. The molecule has 0 radical (unpaired) electrons. The summed E-state index contributed by atoms with van der Waals surface area (Å²) in [4.78, 5) is 3.14. The molecule has 0 saturated carbocycles. The van der Waals surface area contributed by atoms with Crippen LogP contribution in [0.4, 0.5) is 4.39 Å². The molecule has 0 spiro atoms. The summed E-state index contributed by atoms with van der Waals surface area (Å²) in [7, 11) is -3.75. The SMILES string of the molecule is CCc1cccc2[nH]cc(S(=O)(=O)c3cccc(F)c3)c12. The number of sulfone groups is 1. The number of rotatable bonds is 3. The number of H-pyrrole nitrogens is 1. The molecule has 3 nitrogen and oxygen atoms in total. The van der Waals surface area contributed by atoms with Crippen molar-refractivity contribution in [2.24, 2.45) is 0 Å². The van der Waals surface area contributed by atoms with E-state index in [1.165, 1.54) is 24.4 Å². The van der Waals surface area contributed by atoms with Crippen molar-refractivity contribution in [1.82, 2.24) is 4.98 Å². The monoisotopic (exact) mass is 303 g/mol. The smallest absolute Gasteiger partial charge is 0.208 e. The van der Waals surface area contributed by atoms with Crippen LogP contribution in [0.1, 0.15) is 12.5 Å². The zero-order chi connectivity index (χ0) is 15.0. The van der Waals surface area contributed by atoms with Crippen molar-refractivity contribution in [3.63, 3.8) is 0 Å². The van der Waals surface area contributed by atoms with E-state index in [9.17, 15) is 12.8 Å². The van der Waals surface area contributed by atoms with Gasteiger partial charge in [0, 0.05) is 17.1 Å². The molecule has 1 aromatic heterocycles. The van der Waals surface area contributed by atoms with Gasteiger partial charge in [0.25, 0.3) is 0 Å². The fourth-order valence-electron chi connectivity index (χ4n) is 2.49. The molecular weight excluding hydrogens is 289 g/mol. The predicted molar refractivity (Wildman–Crippen MR) is 79.5 cm³/mol. The molecule has 3 rings (SSSR count). The Labute approximate surface area is 122 Å². The van der Waals surface area contributed by atoms with Gasteiger partial charge in [-0.1, -0.05) is 25.1 Å². The highest BCUT2D eigenvalue weighted by Crippen LogP contribution is 2.31. The molecule has 0 aliphatic rings. The van der Waals surface area contributed by atoms with Crippen molar-refractivity contribution in [2.45, 2.75) is 23.1 Å². The van der Waals surface area contributed by atoms with E-state index < -0.39 is 15.7 Å². The van der Waals surface area contributed by atoms with Gasteiger partial charge >= 0.3 is 0 Å². The molecule has 1 N–H and O–H groups in total. The lowest BCUT2D eigenvalue weighted by Crippen LogP contribution is -2.02. The molecule has 5 heteroatoms. The van der Waals surface area contributed by atoms with Crippen LogP contribution in [0.3, 0.4) is 0 Å². The molecule has 0 aliphatic carbocycles. The number of benzene rings is 2. The third-order valence-corrected chi connectivity index (χ3v) is 5.31. The van der Waals surface area contributed by atoms with Crippen LogP contribution in [0.5, 0.6) is 0 Å². The Balaban J connectivity index is 2.29. The average molecular weight is 303 g/mol. The third-order valence-electron chi connectivity index (χ3n) is 3.53. The highest BCUT2D eigenvalue weighted by molar-refractivity contribution is 7.91. The van der Waals surface area contributed by atoms with Crippen LogP contribution in [-0.2, 0) is 16.3 Å². The van der Waals surface area contributed by atoms with E-state index in [0.29, 0.717) is 5.39 Å². The first-order chi connectivity index (χ1) is 10.0. The molecule has 0 atom stereocenters. The lowest BCUT2D eigenvalue weighted by atomic mass is 10.1. The van der Waals surface area contributed by atoms with E-state index in [0.717, 1.165) is 23.6 Å². The minimum absolute atomic E-state index is 0.0330. The lowest BCUT2D eigenvalue weighted by Gasteiger charge is -2.06. The molecule has 21 heavy (non-hydrogen) atoms. The topological polar surface area (TPSA) is 49.9 Å². The van der Waals surface area contributed by atoms with Crippen molar-refractivity contribution < 1.29 is 12.8 Å². The Morgan fingerprint density at radius 2 is 1.90 bits per heavy atom. The Hall–Kier alpha value is -2.14. The number of nitrogens with one attached hydrogen (secondary N) is 1. The molecule has 108 valence electrons. The van der Waals surface area contributed by atoms with Gasteiger partial charge in [-0.15, -0.1) is 0 Å². The summed E-state index contributed by atoms with van der Waals surface area (Å²) in [6.07, 6.45) is 2.20. The zero-order valence-electron chi connectivity index (χ0n) is 11.4. The quantitative estimate of drug-likeness (QED) is 0.802. The maximum atomic E-state index is 13.3. The molecule has 0 saturated heterocycles. The summed E-state index contributed by atoms with van der Waals surface area (Å²) in [6.45, 7) is 1.97. The number of aryl methyl sites for hydroxylation is 1.